The standard InChI is InChI=1S/C26H26N4O4S/c1-33-20-4-2-3-19(15-20)5-6-24(31)29-25-22(16-27)21-9-13-30(17-23(21)35-25)26(32)34-14-10-18-7-11-28-12-8-18/h2-4,7-8,11-12,15H,5-6,9-10,13-14,17H2,1H3,(H,29,31). The van der Waals surface area contributed by atoms with Crippen molar-refractivity contribution in [1.29, 1.82) is 5.26 Å². The highest BCUT2D eigenvalue weighted by atomic mass is 32.1. The molecule has 1 aromatic carbocycles. The van der Waals surface area contributed by atoms with Gasteiger partial charge in [-0.05, 0) is 53.8 Å². The minimum Gasteiger partial charge on any atom is -0.497 e. The minimum absolute atomic E-state index is 0.157. The topological polar surface area (TPSA) is 105 Å². The molecule has 180 valence electrons. The second-order valence-corrected chi connectivity index (χ2v) is 9.22. The van der Waals surface area contributed by atoms with Crippen LogP contribution in [0.2, 0.25) is 0 Å². The highest BCUT2D eigenvalue weighted by Crippen LogP contribution is 2.37. The van der Waals surface area contributed by atoms with Crippen LogP contribution in [0.1, 0.15) is 33.6 Å². The van der Waals surface area contributed by atoms with Crippen LogP contribution in [0, 0.1) is 11.3 Å². The van der Waals surface area contributed by atoms with Crippen LogP contribution in [0.4, 0.5) is 9.80 Å². The monoisotopic (exact) mass is 490 g/mol. The second-order valence-electron chi connectivity index (χ2n) is 8.11. The third-order valence-corrected chi connectivity index (χ3v) is 6.95. The zero-order valence-corrected chi connectivity index (χ0v) is 20.3. The predicted molar refractivity (Wildman–Crippen MR) is 132 cm³/mol. The fourth-order valence-electron chi connectivity index (χ4n) is 3.94. The highest BCUT2D eigenvalue weighted by Gasteiger charge is 2.28. The van der Waals surface area contributed by atoms with Crippen LogP contribution in [-0.4, -0.2) is 42.1 Å². The van der Waals surface area contributed by atoms with E-state index in [0.29, 0.717) is 42.9 Å². The summed E-state index contributed by atoms with van der Waals surface area (Å²) in [4.78, 5) is 31.7. The number of nitrogens with one attached hydrogen (secondary N) is 1. The fraction of sp³-hybridized carbons (Fsp3) is 0.308. The molecule has 0 bridgehead atoms. The Labute approximate surface area is 208 Å². The maximum atomic E-state index is 12.6. The Morgan fingerprint density at radius 3 is 2.80 bits per heavy atom. The first-order valence-electron chi connectivity index (χ1n) is 11.4. The third kappa shape index (κ3) is 6.16. The quantitative estimate of drug-likeness (QED) is 0.504. The maximum absolute atomic E-state index is 12.6. The lowest BCUT2D eigenvalue weighted by Crippen LogP contribution is -2.36. The lowest BCUT2D eigenvalue weighted by Gasteiger charge is -2.26. The molecule has 9 heteroatoms. The van der Waals surface area contributed by atoms with E-state index in [2.05, 4.69) is 16.4 Å². The molecule has 8 nitrogen and oxygen atoms in total. The number of carbonyl (C=O) groups excluding carboxylic acids is 2. The van der Waals surface area contributed by atoms with E-state index in [1.165, 1.54) is 11.3 Å². The number of nitrogens with zero attached hydrogens (tertiary/aromatic N) is 3. The molecule has 0 radical (unpaired) electrons. The molecule has 0 spiro atoms. The van der Waals surface area contributed by atoms with E-state index < -0.39 is 0 Å². The zero-order chi connectivity index (χ0) is 24.6. The van der Waals surface area contributed by atoms with Gasteiger partial charge in [-0.3, -0.25) is 9.78 Å². The van der Waals surface area contributed by atoms with E-state index in [0.717, 1.165) is 27.3 Å². The second kappa shape index (κ2) is 11.5. The molecule has 35 heavy (non-hydrogen) atoms. The maximum Gasteiger partial charge on any atom is 0.410 e. The van der Waals surface area contributed by atoms with E-state index in [1.807, 2.05) is 36.4 Å². The molecule has 1 N–H and O–H groups in total. The Kier molecular flexibility index (Phi) is 7.95. The summed E-state index contributed by atoms with van der Waals surface area (Å²) in [7, 11) is 1.61. The van der Waals surface area contributed by atoms with Crippen LogP contribution in [0.25, 0.3) is 0 Å². The summed E-state index contributed by atoms with van der Waals surface area (Å²) in [5.74, 6) is 0.594. The van der Waals surface area contributed by atoms with Gasteiger partial charge in [0.1, 0.15) is 16.8 Å². The van der Waals surface area contributed by atoms with E-state index in [4.69, 9.17) is 9.47 Å². The Hall–Kier alpha value is -3.90. The average Bonchev–Trinajstić information content (AvgIpc) is 3.24. The van der Waals surface area contributed by atoms with Gasteiger partial charge in [0.05, 0.1) is 25.8 Å². The van der Waals surface area contributed by atoms with Crippen LogP contribution in [-0.2, 0) is 35.3 Å². The van der Waals surface area contributed by atoms with Crippen molar-refractivity contribution in [3.63, 3.8) is 0 Å². The summed E-state index contributed by atoms with van der Waals surface area (Å²) in [5, 5.41) is 13.2. The lowest BCUT2D eigenvalue weighted by atomic mass is 10.0. The predicted octanol–water partition coefficient (Wildman–Crippen LogP) is 4.33. The molecule has 3 aromatic rings. The Morgan fingerprint density at radius 1 is 1.20 bits per heavy atom. The molecule has 0 atom stereocenters. The summed E-state index contributed by atoms with van der Waals surface area (Å²) in [6.45, 7) is 1.12. The van der Waals surface area contributed by atoms with Gasteiger partial charge in [-0.1, -0.05) is 12.1 Å². The third-order valence-electron chi connectivity index (χ3n) is 5.82. The number of pyridine rings is 1. The molecule has 0 fully saturated rings. The van der Waals surface area contributed by atoms with Crippen molar-refractivity contribution in [1.82, 2.24) is 9.88 Å². The van der Waals surface area contributed by atoms with Gasteiger partial charge in [-0.2, -0.15) is 5.26 Å². The fourth-order valence-corrected chi connectivity index (χ4v) is 5.17. The number of benzene rings is 1. The number of anilines is 1. The molecule has 1 aliphatic rings. The molecule has 4 rings (SSSR count). The number of carbonyl (C=O) groups is 2. The Bertz CT molecular complexity index is 1240. The smallest absolute Gasteiger partial charge is 0.410 e. The summed E-state index contributed by atoms with van der Waals surface area (Å²) in [6, 6.07) is 13.6. The number of amides is 2. The number of methoxy groups -OCH3 is 1. The SMILES string of the molecule is COc1cccc(CCC(=O)Nc2sc3c(c2C#N)CCN(C(=O)OCCc2ccncc2)C3)c1. The molecule has 2 aromatic heterocycles. The first kappa shape index (κ1) is 24.2. The molecule has 3 heterocycles. The Balaban J connectivity index is 1.33. The number of aryl methyl sites for hydroxylation is 1. The minimum atomic E-state index is -0.375. The van der Waals surface area contributed by atoms with Crippen molar-refractivity contribution < 1.29 is 19.1 Å². The van der Waals surface area contributed by atoms with Gasteiger partial charge < -0.3 is 19.7 Å². The number of thiophene rings is 1. The van der Waals surface area contributed by atoms with E-state index >= 15 is 0 Å². The van der Waals surface area contributed by atoms with Crippen molar-refractivity contribution in [2.75, 3.05) is 25.6 Å². The van der Waals surface area contributed by atoms with Crippen LogP contribution in [0.15, 0.2) is 48.8 Å². The van der Waals surface area contributed by atoms with Crippen molar-refractivity contribution in [3.8, 4) is 11.8 Å². The highest BCUT2D eigenvalue weighted by molar-refractivity contribution is 7.16. The summed E-state index contributed by atoms with van der Waals surface area (Å²) in [5.41, 5.74) is 3.45. The average molecular weight is 491 g/mol. The molecule has 2 amide bonds. The number of hydrogen-bond donors (Lipinski definition) is 1. The number of rotatable bonds is 8. The van der Waals surface area contributed by atoms with Crippen LogP contribution < -0.4 is 10.1 Å². The summed E-state index contributed by atoms with van der Waals surface area (Å²) < 4.78 is 10.7. The molecule has 1 aliphatic heterocycles. The van der Waals surface area contributed by atoms with Gasteiger partial charge in [-0.15, -0.1) is 11.3 Å². The van der Waals surface area contributed by atoms with Gasteiger partial charge in [0.2, 0.25) is 5.91 Å². The molecular formula is C26H26N4O4S. The molecular weight excluding hydrogens is 464 g/mol. The van der Waals surface area contributed by atoms with Gasteiger partial charge in [0, 0.05) is 36.7 Å². The van der Waals surface area contributed by atoms with Crippen LogP contribution in [0.5, 0.6) is 5.75 Å². The molecule has 0 saturated heterocycles. The van der Waals surface area contributed by atoms with Gasteiger partial charge in [-0.25, -0.2) is 4.79 Å². The normalized spacial score (nSPS) is 12.4. The van der Waals surface area contributed by atoms with Crippen LogP contribution in [0.3, 0.4) is 0 Å². The zero-order valence-electron chi connectivity index (χ0n) is 19.5. The lowest BCUT2D eigenvalue weighted by molar-refractivity contribution is -0.116. The van der Waals surface area contributed by atoms with Crippen molar-refractivity contribution in [2.24, 2.45) is 0 Å². The van der Waals surface area contributed by atoms with Crippen molar-refractivity contribution in [3.05, 3.63) is 75.9 Å². The Morgan fingerprint density at radius 2 is 2.03 bits per heavy atom. The summed E-state index contributed by atoms with van der Waals surface area (Å²) >= 11 is 1.35. The van der Waals surface area contributed by atoms with E-state index in [1.54, 1.807) is 24.4 Å². The number of nitriles is 1. The molecule has 0 saturated carbocycles. The van der Waals surface area contributed by atoms with Crippen molar-refractivity contribution in [2.45, 2.75) is 32.2 Å². The van der Waals surface area contributed by atoms with Gasteiger partial charge in [0.25, 0.3) is 0 Å². The number of fused-ring (bicyclic) bond motifs is 1. The van der Waals surface area contributed by atoms with Crippen LogP contribution >= 0.6 is 11.3 Å². The molecule has 0 unspecified atom stereocenters. The van der Waals surface area contributed by atoms with Gasteiger partial charge in [0.15, 0.2) is 0 Å². The summed E-state index contributed by atoms with van der Waals surface area (Å²) in [6.07, 6.45) is 5.07. The first-order valence-corrected chi connectivity index (χ1v) is 12.2. The van der Waals surface area contributed by atoms with Gasteiger partial charge >= 0.3 is 6.09 Å². The molecule has 0 aliphatic carbocycles. The largest absolute Gasteiger partial charge is 0.497 e. The van der Waals surface area contributed by atoms with E-state index in [-0.39, 0.29) is 25.0 Å². The number of hydrogen-bond acceptors (Lipinski definition) is 7. The van der Waals surface area contributed by atoms with E-state index in [9.17, 15) is 14.9 Å². The number of ether oxygens (including phenoxy) is 2. The number of aromatic nitrogens is 1. The van der Waals surface area contributed by atoms with Crippen molar-refractivity contribution >= 4 is 28.3 Å². The first-order chi connectivity index (χ1) is 17.1.